The van der Waals surface area contributed by atoms with Crippen LogP contribution in [-0.2, 0) is 9.53 Å². The zero-order valence-electron chi connectivity index (χ0n) is 23.5. The monoisotopic (exact) mass is 486 g/mol. The molecule has 4 heteroatoms. The molecule has 5 aliphatic carbocycles. The molecular weight excluding hydrogens is 436 g/mol. The molecular formula is C31H50O4. The lowest BCUT2D eigenvalue weighted by atomic mass is 9.32. The second-order valence-corrected chi connectivity index (χ2v) is 14.8. The van der Waals surface area contributed by atoms with Crippen LogP contribution in [0.15, 0.2) is 11.3 Å². The van der Waals surface area contributed by atoms with Gasteiger partial charge in [-0.3, -0.25) is 0 Å². The Balaban J connectivity index is 1.71. The molecule has 198 valence electrons. The molecule has 0 aromatic rings. The molecule has 0 bridgehead atoms. The number of methoxy groups -OCH3 is 1. The van der Waals surface area contributed by atoms with Crippen LogP contribution in [0, 0.1) is 56.7 Å². The Morgan fingerprint density at radius 1 is 0.943 bits per heavy atom. The third-order valence-corrected chi connectivity index (χ3v) is 13.6. The van der Waals surface area contributed by atoms with Crippen molar-refractivity contribution in [3.05, 3.63) is 11.3 Å². The number of hydrogen-bond donors (Lipinski definition) is 2. The van der Waals surface area contributed by atoms with Crippen molar-refractivity contribution in [1.29, 1.82) is 0 Å². The van der Waals surface area contributed by atoms with Gasteiger partial charge in [-0.05, 0) is 102 Å². The zero-order chi connectivity index (χ0) is 25.8. The average Bonchev–Trinajstić information content (AvgIpc) is 2.81. The van der Waals surface area contributed by atoms with Gasteiger partial charge < -0.3 is 19.7 Å². The minimum absolute atomic E-state index is 0.0334. The van der Waals surface area contributed by atoms with E-state index in [4.69, 9.17) is 4.74 Å². The van der Waals surface area contributed by atoms with E-state index in [1.807, 2.05) is 6.92 Å². The molecule has 5 aliphatic rings. The highest BCUT2D eigenvalue weighted by Crippen LogP contribution is 2.76. The SMILES string of the molecule is COC1C(O)=C2C3C(C)C(C)CCC3(C)CCC2(C)C2(C)CCC3C(C)(C=O)C(O)CCC3(C)C12. The number of aldehydes is 1. The number of hydrogen-bond acceptors (Lipinski definition) is 4. The maximum Gasteiger partial charge on any atom is 0.128 e. The first-order chi connectivity index (χ1) is 16.2. The summed E-state index contributed by atoms with van der Waals surface area (Å²) in [6, 6.07) is 0. The molecule has 0 aromatic carbocycles. The van der Waals surface area contributed by atoms with Crippen LogP contribution in [-0.4, -0.2) is 35.8 Å². The van der Waals surface area contributed by atoms with Gasteiger partial charge in [0, 0.05) is 13.0 Å². The van der Waals surface area contributed by atoms with E-state index in [-0.39, 0.29) is 39.6 Å². The Labute approximate surface area is 213 Å². The van der Waals surface area contributed by atoms with Crippen LogP contribution in [0.4, 0.5) is 0 Å². The van der Waals surface area contributed by atoms with Crippen LogP contribution < -0.4 is 0 Å². The first-order valence-electron chi connectivity index (χ1n) is 14.4. The van der Waals surface area contributed by atoms with Crippen LogP contribution in [0.5, 0.6) is 0 Å². The second-order valence-electron chi connectivity index (χ2n) is 14.8. The quantitative estimate of drug-likeness (QED) is 0.426. The van der Waals surface area contributed by atoms with E-state index < -0.39 is 11.5 Å². The normalized spacial score (nSPS) is 58.0. The van der Waals surface area contributed by atoms with Gasteiger partial charge in [0.2, 0.25) is 0 Å². The van der Waals surface area contributed by atoms with Crippen molar-refractivity contribution in [2.24, 2.45) is 56.7 Å². The third-order valence-electron chi connectivity index (χ3n) is 13.6. The predicted molar refractivity (Wildman–Crippen MR) is 139 cm³/mol. The highest BCUT2D eigenvalue weighted by Gasteiger charge is 2.72. The molecule has 0 spiro atoms. The van der Waals surface area contributed by atoms with Gasteiger partial charge >= 0.3 is 0 Å². The van der Waals surface area contributed by atoms with Gasteiger partial charge in [0.25, 0.3) is 0 Å². The molecule has 12 atom stereocenters. The second kappa shape index (κ2) is 7.82. The van der Waals surface area contributed by atoms with Crippen LogP contribution in [0.1, 0.15) is 99.8 Å². The fourth-order valence-electron chi connectivity index (χ4n) is 11.1. The van der Waals surface area contributed by atoms with E-state index in [0.717, 1.165) is 32.0 Å². The molecule has 0 aromatic heterocycles. The lowest BCUT2D eigenvalue weighted by Crippen LogP contribution is -2.69. The standard InChI is InChI=1S/C31H50O4/c1-18-9-12-27(3)15-16-30(6)23(22(27)19(18)2)24(34)25(35-8)26-28(4)13-11-21(33)29(5,17-32)20(28)10-14-31(26,30)7/h17-22,25-26,33-34H,9-16H2,1-8H3. The number of allylic oxidation sites excluding steroid dienone is 1. The van der Waals surface area contributed by atoms with E-state index in [1.54, 1.807) is 7.11 Å². The van der Waals surface area contributed by atoms with Crippen molar-refractivity contribution in [2.75, 3.05) is 7.11 Å². The minimum Gasteiger partial charge on any atom is -0.510 e. The number of aliphatic hydroxyl groups is 2. The van der Waals surface area contributed by atoms with Crippen LogP contribution >= 0.6 is 0 Å². The van der Waals surface area contributed by atoms with Crippen LogP contribution in [0.3, 0.4) is 0 Å². The van der Waals surface area contributed by atoms with Gasteiger partial charge in [-0.1, -0.05) is 48.5 Å². The molecule has 0 aliphatic heterocycles. The Bertz CT molecular complexity index is 927. The Morgan fingerprint density at radius 3 is 2.26 bits per heavy atom. The third kappa shape index (κ3) is 2.96. The summed E-state index contributed by atoms with van der Waals surface area (Å²) in [6.45, 7) is 16.6. The lowest BCUT2D eigenvalue weighted by molar-refractivity contribution is -0.234. The number of carbonyl (C=O) groups is 1. The van der Waals surface area contributed by atoms with Gasteiger partial charge in [0.1, 0.15) is 18.1 Å². The van der Waals surface area contributed by atoms with E-state index in [0.29, 0.717) is 29.9 Å². The Morgan fingerprint density at radius 2 is 1.63 bits per heavy atom. The van der Waals surface area contributed by atoms with E-state index in [2.05, 4.69) is 41.5 Å². The maximum atomic E-state index is 12.4. The molecule has 4 fully saturated rings. The summed E-state index contributed by atoms with van der Waals surface area (Å²) >= 11 is 0. The predicted octanol–water partition coefficient (Wildman–Crippen LogP) is 6.71. The van der Waals surface area contributed by atoms with Gasteiger partial charge in [0.15, 0.2) is 0 Å². The summed E-state index contributed by atoms with van der Waals surface area (Å²) in [4.78, 5) is 12.4. The molecule has 2 N–H and O–H groups in total. The van der Waals surface area contributed by atoms with E-state index in [1.165, 1.54) is 24.8 Å². The fourth-order valence-corrected chi connectivity index (χ4v) is 11.1. The van der Waals surface area contributed by atoms with Crippen LogP contribution in [0.25, 0.3) is 0 Å². The van der Waals surface area contributed by atoms with Gasteiger partial charge in [-0.2, -0.15) is 0 Å². The van der Waals surface area contributed by atoms with Gasteiger partial charge in [-0.15, -0.1) is 0 Å². The highest BCUT2D eigenvalue weighted by molar-refractivity contribution is 5.61. The first-order valence-corrected chi connectivity index (χ1v) is 14.4. The fraction of sp³-hybridized carbons (Fsp3) is 0.903. The van der Waals surface area contributed by atoms with Crippen LogP contribution in [0.2, 0.25) is 0 Å². The average molecular weight is 487 g/mol. The topological polar surface area (TPSA) is 66.8 Å². The molecule has 0 amide bonds. The maximum absolute atomic E-state index is 12.4. The number of aliphatic hydroxyl groups excluding tert-OH is 2. The molecule has 5 rings (SSSR count). The first kappa shape index (κ1) is 25.8. The highest BCUT2D eigenvalue weighted by atomic mass is 16.5. The Hall–Kier alpha value is -0.870. The number of carbonyl (C=O) groups excluding carboxylic acids is 1. The molecule has 35 heavy (non-hydrogen) atoms. The summed E-state index contributed by atoms with van der Waals surface area (Å²) in [6.07, 6.45) is 8.39. The molecule has 0 saturated heterocycles. The molecule has 4 nitrogen and oxygen atoms in total. The van der Waals surface area contributed by atoms with Crippen molar-refractivity contribution in [3.63, 3.8) is 0 Å². The smallest absolute Gasteiger partial charge is 0.128 e. The van der Waals surface area contributed by atoms with Crippen molar-refractivity contribution in [3.8, 4) is 0 Å². The summed E-state index contributed by atoms with van der Waals surface area (Å²) < 4.78 is 6.29. The van der Waals surface area contributed by atoms with E-state index >= 15 is 0 Å². The zero-order valence-corrected chi connectivity index (χ0v) is 23.5. The Kier molecular flexibility index (Phi) is 5.76. The summed E-state index contributed by atoms with van der Waals surface area (Å²) in [5.74, 6) is 2.30. The van der Waals surface area contributed by atoms with Crippen molar-refractivity contribution in [2.45, 2.75) is 112 Å². The van der Waals surface area contributed by atoms with Crippen molar-refractivity contribution < 1.29 is 19.7 Å². The molecule has 12 unspecified atom stereocenters. The minimum atomic E-state index is -0.744. The lowest BCUT2D eigenvalue weighted by Gasteiger charge is -2.72. The largest absolute Gasteiger partial charge is 0.510 e. The molecule has 4 saturated carbocycles. The van der Waals surface area contributed by atoms with Crippen molar-refractivity contribution in [1.82, 2.24) is 0 Å². The van der Waals surface area contributed by atoms with Gasteiger partial charge in [0.05, 0.1) is 11.5 Å². The number of fused-ring (bicyclic) bond motifs is 7. The number of rotatable bonds is 2. The van der Waals surface area contributed by atoms with E-state index in [9.17, 15) is 15.0 Å². The molecule has 0 heterocycles. The summed E-state index contributed by atoms with van der Waals surface area (Å²) in [7, 11) is 1.77. The molecule has 0 radical (unpaired) electrons. The van der Waals surface area contributed by atoms with Gasteiger partial charge in [-0.25, -0.2) is 0 Å². The van der Waals surface area contributed by atoms with Crippen molar-refractivity contribution >= 4 is 6.29 Å². The summed E-state index contributed by atoms with van der Waals surface area (Å²) in [5, 5.41) is 23.2. The summed E-state index contributed by atoms with van der Waals surface area (Å²) in [5.41, 5.74) is 0.500. The number of ether oxygens (including phenoxy) is 1.